The average Bonchev–Trinajstić information content (AvgIpc) is 2.69. The van der Waals surface area contributed by atoms with Crippen LogP contribution in [-0.4, -0.2) is 41.6 Å². The van der Waals surface area contributed by atoms with Crippen molar-refractivity contribution in [1.82, 2.24) is 4.90 Å². The van der Waals surface area contributed by atoms with Gasteiger partial charge in [0, 0.05) is 13.1 Å². The zero-order valence-electron chi connectivity index (χ0n) is 16.5. The Kier molecular flexibility index (Phi) is 6.34. The summed E-state index contributed by atoms with van der Waals surface area (Å²) in [4.78, 5) is 25.7. The number of carboxylic acid groups (broad SMARTS) is 1. The first kappa shape index (κ1) is 19.9. The molecular weight excluding hydrogens is 354 g/mol. The SMILES string of the molecule is Cc1ccc(OCC(=O)N2CCC(Cc3ccccc3C(=O)O)CC2)cc1C. The third-order valence-corrected chi connectivity index (χ3v) is 5.56. The van der Waals surface area contributed by atoms with Crippen LogP contribution in [0.4, 0.5) is 0 Å². The number of aryl methyl sites for hydroxylation is 2. The molecule has 1 heterocycles. The first-order valence-electron chi connectivity index (χ1n) is 9.73. The van der Waals surface area contributed by atoms with Crippen molar-refractivity contribution in [2.24, 2.45) is 5.92 Å². The van der Waals surface area contributed by atoms with Gasteiger partial charge in [0.2, 0.25) is 0 Å². The fourth-order valence-corrected chi connectivity index (χ4v) is 3.64. The molecule has 0 aliphatic carbocycles. The van der Waals surface area contributed by atoms with E-state index < -0.39 is 5.97 Å². The Morgan fingerprint density at radius 3 is 2.46 bits per heavy atom. The number of carboxylic acids is 1. The van der Waals surface area contributed by atoms with Crippen molar-refractivity contribution < 1.29 is 19.4 Å². The highest BCUT2D eigenvalue weighted by atomic mass is 16.5. The lowest BCUT2D eigenvalue weighted by atomic mass is 9.88. The van der Waals surface area contributed by atoms with Gasteiger partial charge in [0.05, 0.1) is 5.56 Å². The molecule has 28 heavy (non-hydrogen) atoms. The van der Waals surface area contributed by atoms with Crippen molar-refractivity contribution in [2.75, 3.05) is 19.7 Å². The fraction of sp³-hybridized carbons (Fsp3) is 0.391. The second-order valence-electron chi connectivity index (χ2n) is 7.53. The number of piperidine rings is 1. The van der Waals surface area contributed by atoms with Crippen LogP contribution in [0.3, 0.4) is 0 Å². The zero-order valence-corrected chi connectivity index (χ0v) is 16.5. The molecule has 5 heteroatoms. The van der Waals surface area contributed by atoms with E-state index in [1.54, 1.807) is 12.1 Å². The van der Waals surface area contributed by atoms with Crippen molar-refractivity contribution in [2.45, 2.75) is 33.1 Å². The summed E-state index contributed by atoms with van der Waals surface area (Å²) in [5, 5.41) is 9.33. The highest BCUT2D eigenvalue weighted by Gasteiger charge is 2.24. The van der Waals surface area contributed by atoms with E-state index in [2.05, 4.69) is 0 Å². The van der Waals surface area contributed by atoms with Gasteiger partial charge >= 0.3 is 5.97 Å². The molecule has 1 aliphatic rings. The maximum absolute atomic E-state index is 12.5. The number of nitrogens with zero attached hydrogens (tertiary/aromatic N) is 1. The van der Waals surface area contributed by atoms with Crippen LogP contribution in [0.25, 0.3) is 0 Å². The van der Waals surface area contributed by atoms with Gasteiger partial charge in [-0.1, -0.05) is 24.3 Å². The van der Waals surface area contributed by atoms with Gasteiger partial charge in [-0.2, -0.15) is 0 Å². The van der Waals surface area contributed by atoms with Crippen molar-refractivity contribution in [3.8, 4) is 5.75 Å². The Hall–Kier alpha value is -2.82. The van der Waals surface area contributed by atoms with Crippen molar-refractivity contribution >= 4 is 11.9 Å². The second-order valence-corrected chi connectivity index (χ2v) is 7.53. The number of aromatic carboxylic acids is 1. The molecule has 0 saturated carbocycles. The number of carbonyl (C=O) groups is 2. The van der Waals surface area contributed by atoms with Crippen molar-refractivity contribution in [3.63, 3.8) is 0 Å². The zero-order chi connectivity index (χ0) is 20.1. The summed E-state index contributed by atoms with van der Waals surface area (Å²) in [6.07, 6.45) is 2.50. The molecule has 2 aromatic carbocycles. The van der Waals surface area contributed by atoms with Crippen LogP contribution in [0.1, 0.15) is 39.9 Å². The summed E-state index contributed by atoms with van der Waals surface area (Å²) in [5.74, 6) is 0.233. The second kappa shape index (κ2) is 8.91. The Labute approximate surface area is 165 Å². The van der Waals surface area contributed by atoms with Crippen molar-refractivity contribution in [1.29, 1.82) is 0 Å². The topological polar surface area (TPSA) is 66.8 Å². The number of carbonyl (C=O) groups excluding carboxylic acids is 1. The normalized spacial score (nSPS) is 14.7. The lowest BCUT2D eigenvalue weighted by molar-refractivity contribution is -0.134. The molecule has 2 aromatic rings. The van der Waals surface area contributed by atoms with Gasteiger partial charge in [-0.05, 0) is 73.9 Å². The van der Waals surface area contributed by atoms with Crippen LogP contribution in [-0.2, 0) is 11.2 Å². The molecule has 0 radical (unpaired) electrons. The Morgan fingerprint density at radius 2 is 1.79 bits per heavy atom. The van der Waals surface area contributed by atoms with Gasteiger partial charge in [0.25, 0.3) is 5.91 Å². The molecule has 0 unspecified atom stereocenters. The fourth-order valence-electron chi connectivity index (χ4n) is 3.64. The Morgan fingerprint density at radius 1 is 1.07 bits per heavy atom. The lowest BCUT2D eigenvalue weighted by Crippen LogP contribution is -2.41. The summed E-state index contributed by atoms with van der Waals surface area (Å²) >= 11 is 0. The molecule has 3 rings (SSSR count). The first-order valence-corrected chi connectivity index (χ1v) is 9.73. The number of ether oxygens (including phenoxy) is 1. The number of likely N-dealkylation sites (tertiary alicyclic amines) is 1. The summed E-state index contributed by atoms with van der Waals surface area (Å²) in [6.45, 7) is 5.50. The van der Waals surface area contributed by atoms with Gasteiger partial charge in [0.15, 0.2) is 6.61 Å². The lowest BCUT2D eigenvalue weighted by Gasteiger charge is -2.32. The highest BCUT2D eigenvalue weighted by molar-refractivity contribution is 5.89. The minimum absolute atomic E-state index is 0.00242. The quantitative estimate of drug-likeness (QED) is 0.825. The summed E-state index contributed by atoms with van der Waals surface area (Å²) < 4.78 is 5.66. The highest BCUT2D eigenvalue weighted by Crippen LogP contribution is 2.24. The number of hydrogen-bond acceptors (Lipinski definition) is 3. The largest absolute Gasteiger partial charge is 0.484 e. The number of amides is 1. The Bertz CT molecular complexity index is 853. The summed E-state index contributed by atoms with van der Waals surface area (Å²) in [6, 6.07) is 13.0. The molecule has 5 nitrogen and oxygen atoms in total. The molecule has 1 fully saturated rings. The maximum atomic E-state index is 12.5. The van der Waals surface area contributed by atoms with Crippen LogP contribution in [0.15, 0.2) is 42.5 Å². The third-order valence-electron chi connectivity index (χ3n) is 5.56. The number of hydrogen-bond donors (Lipinski definition) is 1. The number of rotatable bonds is 6. The molecule has 148 valence electrons. The van der Waals surface area contributed by atoms with E-state index in [1.165, 1.54) is 5.56 Å². The predicted molar refractivity (Wildman–Crippen MR) is 108 cm³/mol. The van der Waals surface area contributed by atoms with Crippen LogP contribution in [0.5, 0.6) is 5.75 Å². The van der Waals surface area contributed by atoms with Gasteiger partial charge in [-0.3, -0.25) is 4.79 Å². The van der Waals surface area contributed by atoms with E-state index in [0.29, 0.717) is 24.6 Å². The van der Waals surface area contributed by atoms with E-state index in [4.69, 9.17) is 4.74 Å². The molecular formula is C23H27NO4. The van der Waals surface area contributed by atoms with Crippen LogP contribution in [0, 0.1) is 19.8 Å². The minimum Gasteiger partial charge on any atom is -0.484 e. The van der Waals surface area contributed by atoms with E-state index in [-0.39, 0.29) is 12.5 Å². The van der Waals surface area contributed by atoms with Gasteiger partial charge in [-0.25, -0.2) is 4.79 Å². The van der Waals surface area contributed by atoms with Gasteiger partial charge in [-0.15, -0.1) is 0 Å². The predicted octanol–water partition coefficient (Wildman–Crippen LogP) is 3.86. The maximum Gasteiger partial charge on any atom is 0.335 e. The molecule has 1 aliphatic heterocycles. The van der Waals surface area contributed by atoms with E-state index in [1.807, 2.05) is 49.1 Å². The minimum atomic E-state index is -0.883. The van der Waals surface area contributed by atoms with Crippen molar-refractivity contribution in [3.05, 3.63) is 64.7 Å². The number of benzene rings is 2. The molecule has 1 N–H and O–H groups in total. The molecule has 1 saturated heterocycles. The average molecular weight is 381 g/mol. The van der Waals surface area contributed by atoms with Crippen LogP contribution >= 0.6 is 0 Å². The molecule has 0 spiro atoms. The van der Waals surface area contributed by atoms with E-state index in [9.17, 15) is 14.7 Å². The van der Waals surface area contributed by atoms with Crippen LogP contribution in [0.2, 0.25) is 0 Å². The monoisotopic (exact) mass is 381 g/mol. The summed E-state index contributed by atoms with van der Waals surface area (Å²) in [5.41, 5.74) is 3.60. The smallest absolute Gasteiger partial charge is 0.335 e. The van der Waals surface area contributed by atoms with Crippen LogP contribution < -0.4 is 4.74 Å². The molecule has 0 bridgehead atoms. The standard InChI is InChI=1S/C23H27NO4/c1-16-7-8-20(13-17(16)2)28-15-22(25)24-11-9-18(10-12-24)14-19-5-3-4-6-21(19)23(26)27/h3-8,13,18H,9-12,14-15H2,1-2H3,(H,26,27). The first-order chi connectivity index (χ1) is 13.4. The molecule has 1 amide bonds. The van der Waals surface area contributed by atoms with E-state index in [0.717, 1.165) is 36.1 Å². The van der Waals surface area contributed by atoms with E-state index >= 15 is 0 Å². The van der Waals surface area contributed by atoms with Gasteiger partial charge in [0.1, 0.15) is 5.75 Å². The summed E-state index contributed by atoms with van der Waals surface area (Å²) in [7, 11) is 0. The third kappa shape index (κ3) is 4.91. The molecule has 0 atom stereocenters. The Balaban J connectivity index is 1.49. The van der Waals surface area contributed by atoms with Gasteiger partial charge < -0.3 is 14.7 Å². The molecule has 0 aromatic heterocycles.